The third-order valence-electron chi connectivity index (χ3n) is 3.26. The fourth-order valence-electron chi connectivity index (χ4n) is 2.02. The molecule has 2 rings (SSSR count). The van der Waals surface area contributed by atoms with E-state index in [0.717, 1.165) is 11.1 Å². The van der Waals surface area contributed by atoms with Gasteiger partial charge in [0.05, 0.1) is 0 Å². The van der Waals surface area contributed by atoms with Crippen molar-refractivity contribution in [3.8, 4) is 11.6 Å². The van der Waals surface area contributed by atoms with Gasteiger partial charge in [-0.2, -0.15) is 0 Å². The van der Waals surface area contributed by atoms with Crippen LogP contribution in [0.5, 0.6) is 11.6 Å². The normalized spacial score (nSPS) is 10.7. The molecule has 5 heteroatoms. The topological polar surface area (TPSA) is 91.2 Å². The highest BCUT2D eigenvalue weighted by Gasteiger charge is 2.15. The lowest BCUT2D eigenvalue weighted by atomic mass is 9.99. The van der Waals surface area contributed by atoms with E-state index in [9.17, 15) is 4.79 Å². The summed E-state index contributed by atoms with van der Waals surface area (Å²) in [7, 11) is 0. The second kappa shape index (κ2) is 5.83. The van der Waals surface area contributed by atoms with Crippen molar-refractivity contribution in [1.29, 1.82) is 0 Å². The van der Waals surface area contributed by atoms with Crippen molar-refractivity contribution in [3.05, 3.63) is 47.2 Å². The Hall–Kier alpha value is -2.56. The summed E-state index contributed by atoms with van der Waals surface area (Å²) >= 11 is 0. The van der Waals surface area contributed by atoms with Gasteiger partial charge in [-0.05, 0) is 48.2 Å². The van der Waals surface area contributed by atoms with Gasteiger partial charge in [0, 0.05) is 11.9 Å². The summed E-state index contributed by atoms with van der Waals surface area (Å²) in [6.07, 6.45) is 1.56. The molecule has 1 heterocycles. The zero-order valence-corrected chi connectivity index (χ0v) is 12.4. The van der Waals surface area contributed by atoms with Crippen molar-refractivity contribution in [2.24, 2.45) is 5.73 Å². The van der Waals surface area contributed by atoms with Crippen molar-refractivity contribution in [2.75, 3.05) is 5.73 Å². The number of pyridine rings is 1. The molecule has 0 aliphatic rings. The van der Waals surface area contributed by atoms with Crippen LogP contribution in [-0.4, -0.2) is 10.9 Å². The lowest BCUT2D eigenvalue weighted by molar-refractivity contribution is 0.0997. The lowest BCUT2D eigenvalue weighted by Crippen LogP contribution is -2.13. The number of carbonyl (C=O) groups excluding carboxylic acids is 1. The summed E-state index contributed by atoms with van der Waals surface area (Å²) in [6.45, 7) is 5.99. The Balaban J connectivity index is 2.49. The first-order chi connectivity index (χ1) is 9.90. The fourth-order valence-corrected chi connectivity index (χ4v) is 2.02. The molecule has 110 valence electrons. The van der Waals surface area contributed by atoms with Gasteiger partial charge in [0.15, 0.2) is 0 Å². The highest BCUT2D eigenvalue weighted by atomic mass is 16.5. The number of hydrogen-bond acceptors (Lipinski definition) is 4. The van der Waals surface area contributed by atoms with Crippen LogP contribution in [0.3, 0.4) is 0 Å². The number of nitrogen functional groups attached to an aromatic ring is 1. The number of hydrogen-bond donors (Lipinski definition) is 2. The molecule has 1 aromatic heterocycles. The molecule has 0 fully saturated rings. The van der Waals surface area contributed by atoms with E-state index < -0.39 is 5.91 Å². The number of nitrogens with two attached hydrogens (primary N) is 2. The van der Waals surface area contributed by atoms with Gasteiger partial charge in [0.1, 0.15) is 11.3 Å². The second-order valence-corrected chi connectivity index (χ2v) is 5.22. The van der Waals surface area contributed by atoms with Gasteiger partial charge in [0.2, 0.25) is 5.88 Å². The van der Waals surface area contributed by atoms with Crippen molar-refractivity contribution >= 4 is 11.6 Å². The molecule has 0 aliphatic carbocycles. The van der Waals surface area contributed by atoms with Gasteiger partial charge in [-0.15, -0.1) is 0 Å². The number of amides is 1. The van der Waals surface area contributed by atoms with Crippen LogP contribution in [0.15, 0.2) is 30.5 Å². The Morgan fingerprint density at radius 1 is 1.33 bits per heavy atom. The van der Waals surface area contributed by atoms with Gasteiger partial charge in [0.25, 0.3) is 5.91 Å². The van der Waals surface area contributed by atoms with Crippen LogP contribution in [-0.2, 0) is 0 Å². The number of benzene rings is 1. The molecular formula is C16H19N3O2. The fraction of sp³-hybridized carbons (Fsp3) is 0.250. The number of aryl methyl sites for hydroxylation is 1. The van der Waals surface area contributed by atoms with Crippen LogP contribution < -0.4 is 16.2 Å². The second-order valence-electron chi connectivity index (χ2n) is 5.22. The van der Waals surface area contributed by atoms with Crippen molar-refractivity contribution in [3.63, 3.8) is 0 Å². The molecule has 0 atom stereocenters. The molecular weight excluding hydrogens is 266 g/mol. The Labute approximate surface area is 123 Å². The summed E-state index contributed by atoms with van der Waals surface area (Å²) in [5, 5.41) is 0. The number of primary amides is 1. The molecule has 0 saturated carbocycles. The summed E-state index contributed by atoms with van der Waals surface area (Å²) in [6, 6.07) is 6.97. The van der Waals surface area contributed by atoms with Gasteiger partial charge in [-0.1, -0.05) is 13.8 Å². The van der Waals surface area contributed by atoms with Crippen molar-refractivity contribution < 1.29 is 9.53 Å². The molecule has 1 amide bonds. The number of anilines is 1. The van der Waals surface area contributed by atoms with E-state index in [1.165, 1.54) is 0 Å². The maximum atomic E-state index is 11.4. The van der Waals surface area contributed by atoms with Crippen LogP contribution in [0.1, 0.15) is 41.3 Å². The largest absolute Gasteiger partial charge is 0.438 e. The zero-order valence-electron chi connectivity index (χ0n) is 12.4. The minimum absolute atomic E-state index is 0.205. The SMILES string of the molecule is Cc1cc(Oc2ncccc2C(N)=O)c(C(C)C)cc1N. The zero-order chi connectivity index (χ0) is 15.6. The molecule has 0 bridgehead atoms. The predicted octanol–water partition coefficient (Wildman–Crippen LogP) is 2.99. The first-order valence-corrected chi connectivity index (χ1v) is 6.72. The Morgan fingerprint density at radius 2 is 2.05 bits per heavy atom. The third-order valence-corrected chi connectivity index (χ3v) is 3.26. The maximum Gasteiger partial charge on any atom is 0.254 e. The quantitative estimate of drug-likeness (QED) is 0.845. The standard InChI is InChI=1S/C16H19N3O2/c1-9(2)12-8-13(17)10(3)7-14(12)21-16-11(15(18)20)5-4-6-19-16/h4-9H,17H2,1-3H3,(H2,18,20). The third kappa shape index (κ3) is 3.13. The Bertz CT molecular complexity index is 681. The number of carbonyl (C=O) groups is 1. The molecule has 4 N–H and O–H groups in total. The Morgan fingerprint density at radius 3 is 2.67 bits per heavy atom. The lowest BCUT2D eigenvalue weighted by Gasteiger charge is -2.16. The predicted molar refractivity (Wildman–Crippen MR) is 82.5 cm³/mol. The molecule has 2 aromatic rings. The van der Waals surface area contributed by atoms with Crippen LogP contribution >= 0.6 is 0 Å². The first kappa shape index (κ1) is 14.8. The number of nitrogens with zero attached hydrogens (tertiary/aromatic N) is 1. The first-order valence-electron chi connectivity index (χ1n) is 6.72. The van der Waals surface area contributed by atoms with Gasteiger partial charge in [-0.25, -0.2) is 4.98 Å². The van der Waals surface area contributed by atoms with Crippen LogP contribution in [0.2, 0.25) is 0 Å². The van der Waals surface area contributed by atoms with E-state index in [2.05, 4.69) is 4.98 Å². The van der Waals surface area contributed by atoms with Crippen LogP contribution in [0.25, 0.3) is 0 Å². The van der Waals surface area contributed by atoms with E-state index >= 15 is 0 Å². The van der Waals surface area contributed by atoms with Gasteiger partial charge >= 0.3 is 0 Å². The summed E-state index contributed by atoms with van der Waals surface area (Å²) in [5.41, 5.74) is 14.1. The van der Waals surface area contributed by atoms with E-state index in [1.807, 2.05) is 32.9 Å². The number of ether oxygens (including phenoxy) is 1. The Kier molecular flexibility index (Phi) is 4.12. The summed E-state index contributed by atoms with van der Waals surface area (Å²) in [4.78, 5) is 15.5. The van der Waals surface area contributed by atoms with Crippen LogP contribution in [0.4, 0.5) is 5.69 Å². The van der Waals surface area contributed by atoms with E-state index in [1.54, 1.807) is 18.3 Å². The van der Waals surface area contributed by atoms with Gasteiger partial charge < -0.3 is 16.2 Å². The monoisotopic (exact) mass is 285 g/mol. The molecule has 0 unspecified atom stereocenters. The van der Waals surface area contributed by atoms with E-state index in [0.29, 0.717) is 11.4 Å². The molecule has 1 aromatic carbocycles. The highest BCUT2D eigenvalue weighted by molar-refractivity contribution is 5.95. The maximum absolute atomic E-state index is 11.4. The van der Waals surface area contributed by atoms with Gasteiger partial charge in [-0.3, -0.25) is 4.79 Å². The summed E-state index contributed by atoms with van der Waals surface area (Å²) < 4.78 is 5.83. The number of aromatic nitrogens is 1. The number of rotatable bonds is 4. The molecule has 21 heavy (non-hydrogen) atoms. The molecule has 0 aliphatic heterocycles. The molecule has 0 saturated heterocycles. The average molecular weight is 285 g/mol. The molecule has 0 spiro atoms. The smallest absolute Gasteiger partial charge is 0.254 e. The van der Waals surface area contributed by atoms with E-state index in [4.69, 9.17) is 16.2 Å². The van der Waals surface area contributed by atoms with Crippen molar-refractivity contribution in [2.45, 2.75) is 26.7 Å². The van der Waals surface area contributed by atoms with E-state index in [-0.39, 0.29) is 17.4 Å². The average Bonchev–Trinajstić information content (AvgIpc) is 2.42. The minimum atomic E-state index is -0.573. The summed E-state index contributed by atoms with van der Waals surface area (Å²) in [5.74, 6) is 0.494. The highest BCUT2D eigenvalue weighted by Crippen LogP contribution is 2.34. The molecule has 0 radical (unpaired) electrons. The minimum Gasteiger partial charge on any atom is -0.438 e. The molecule has 5 nitrogen and oxygen atoms in total. The van der Waals surface area contributed by atoms with Crippen molar-refractivity contribution in [1.82, 2.24) is 4.98 Å². The van der Waals surface area contributed by atoms with Crippen LogP contribution in [0, 0.1) is 6.92 Å².